The van der Waals surface area contributed by atoms with Crippen molar-refractivity contribution in [3.05, 3.63) is 113 Å². The summed E-state index contributed by atoms with van der Waals surface area (Å²) < 4.78 is 16.6. The first-order valence-corrected chi connectivity index (χ1v) is 17.5. The molecule has 0 saturated heterocycles. The van der Waals surface area contributed by atoms with Gasteiger partial charge in [-0.2, -0.15) is 5.10 Å². The second-order valence-electron chi connectivity index (χ2n) is 13.3. The Morgan fingerprint density at radius 3 is 2.50 bits per heavy atom. The van der Waals surface area contributed by atoms with E-state index < -0.39 is 0 Å². The molecule has 2 atom stereocenters. The van der Waals surface area contributed by atoms with E-state index in [1.54, 1.807) is 13.3 Å². The third kappa shape index (κ3) is 5.78. The van der Waals surface area contributed by atoms with Gasteiger partial charge in [0.15, 0.2) is 0 Å². The number of fused-ring (bicyclic) bond motifs is 3. The third-order valence-corrected chi connectivity index (χ3v) is 10.0. The Kier molecular flexibility index (Phi) is 8.83. The second-order valence-corrected chi connectivity index (χ2v) is 13.3. The molecule has 1 aliphatic rings. The molecule has 6 aromatic rings. The highest BCUT2D eigenvalue weighted by molar-refractivity contribution is 6.09. The lowest BCUT2D eigenvalue weighted by Crippen LogP contribution is -2.18. The predicted octanol–water partition coefficient (Wildman–Crippen LogP) is 10.8. The van der Waals surface area contributed by atoms with E-state index in [9.17, 15) is 0 Å². The number of ether oxygens (including phenoxy) is 2. The Morgan fingerprint density at radius 2 is 1.71 bits per heavy atom. The van der Waals surface area contributed by atoms with E-state index >= 15 is 0 Å². The fourth-order valence-electron chi connectivity index (χ4n) is 7.72. The summed E-state index contributed by atoms with van der Waals surface area (Å²) >= 11 is 0. The fraction of sp³-hybridized carbons (Fsp3) is 0.333. The van der Waals surface area contributed by atoms with E-state index in [0.717, 1.165) is 76.4 Å². The quantitative estimate of drug-likeness (QED) is 0.140. The van der Waals surface area contributed by atoms with E-state index in [0.29, 0.717) is 11.8 Å². The van der Waals surface area contributed by atoms with E-state index in [1.807, 2.05) is 12.1 Å². The monoisotopic (exact) mass is 638 g/mol. The van der Waals surface area contributed by atoms with Crippen molar-refractivity contribution in [3.8, 4) is 28.8 Å². The van der Waals surface area contributed by atoms with Crippen LogP contribution in [-0.2, 0) is 12.8 Å². The Bertz CT molecular complexity index is 2140. The Morgan fingerprint density at radius 1 is 0.875 bits per heavy atom. The highest BCUT2D eigenvalue weighted by Crippen LogP contribution is 2.43. The number of aryl methyl sites for hydroxylation is 2. The summed E-state index contributed by atoms with van der Waals surface area (Å²) in [6, 6.07) is 25.1. The van der Waals surface area contributed by atoms with Crippen molar-refractivity contribution in [1.29, 1.82) is 0 Å². The molecule has 3 aromatic carbocycles. The molecule has 0 aliphatic heterocycles. The molecule has 0 N–H and O–H groups in total. The number of unbranched alkanes of at least 4 members (excludes halogenated alkanes) is 1. The van der Waals surface area contributed by atoms with Crippen molar-refractivity contribution in [3.63, 3.8) is 0 Å². The smallest absolute Gasteiger partial charge is 0.141 e. The topological polar surface area (TPSA) is 54.1 Å². The number of aromatic nitrogens is 4. The van der Waals surface area contributed by atoms with Gasteiger partial charge in [-0.3, -0.25) is 4.57 Å². The number of pyridine rings is 1. The summed E-state index contributed by atoms with van der Waals surface area (Å²) in [5, 5.41) is 7.63. The van der Waals surface area contributed by atoms with Crippen molar-refractivity contribution >= 4 is 21.8 Å². The molecule has 6 heteroatoms. The molecule has 3 heterocycles. The van der Waals surface area contributed by atoms with Gasteiger partial charge < -0.3 is 9.47 Å². The highest BCUT2D eigenvalue weighted by Gasteiger charge is 2.31. The van der Waals surface area contributed by atoms with Crippen LogP contribution in [-0.4, -0.2) is 26.4 Å². The van der Waals surface area contributed by atoms with Gasteiger partial charge in [-0.05, 0) is 93.8 Å². The lowest BCUT2D eigenvalue weighted by atomic mass is 9.74. The molecule has 0 radical (unpaired) electrons. The molecule has 3 aromatic heterocycles. The van der Waals surface area contributed by atoms with Crippen LogP contribution in [0.5, 0.6) is 17.2 Å². The summed E-state index contributed by atoms with van der Waals surface area (Å²) in [5.74, 6) is 4.16. The SMILES string of the molecule is CCCCc1c([C@@H]2C(C)=CCC[C@@H]2C)c(CC)nn1-c1cc(C)cc(Oc2ccc3c4ccccc4n(-c4cc(OC)ccn4)c3c2)c1. The van der Waals surface area contributed by atoms with E-state index in [4.69, 9.17) is 19.6 Å². The lowest BCUT2D eigenvalue weighted by Gasteiger charge is -2.30. The molecule has 0 bridgehead atoms. The molecule has 0 saturated carbocycles. The van der Waals surface area contributed by atoms with Crippen LogP contribution in [0.3, 0.4) is 0 Å². The van der Waals surface area contributed by atoms with Gasteiger partial charge in [-0.15, -0.1) is 0 Å². The van der Waals surface area contributed by atoms with Gasteiger partial charge in [0.25, 0.3) is 0 Å². The van der Waals surface area contributed by atoms with Crippen LogP contribution in [0, 0.1) is 12.8 Å². The van der Waals surface area contributed by atoms with Crippen molar-refractivity contribution in [2.45, 2.75) is 79.1 Å². The van der Waals surface area contributed by atoms with Crippen LogP contribution < -0.4 is 9.47 Å². The van der Waals surface area contributed by atoms with Gasteiger partial charge in [0.2, 0.25) is 0 Å². The molecule has 48 heavy (non-hydrogen) atoms. The number of allylic oxidation sites excluding steroid dienone is 2. The Balaban J connectivity index is 1.32. The highest BCUT2D eigenvalue weighted by atomic mass is 16.5. The van der Waals surface area contributed by atoms with Crippen molar-refractivity contribution in [1.82, 2.24) is 19.3 Å². The molecular formula is C42H46N4O2. The van der Waals surface area contributed by atoms with Gasteiger partial charge in [0.05, 0.1) is 29.5 Å². The first-order chi connectivity index (χ1) is 23.4. The fourth-order valence-corrected chi connectivity index (χ4v) is 7.72. The van der Waals surface area contributed by atoms with E-state index in [-0.39, 0.29) is 0 Å². The normalized spacial score (nSPS) is 16.4. The zero-order valence-electron chi connectivity index (χ0n) is 29.1. The molecule has 0 spiro atoms. The largest absolute Gasteiger partial charge is 0.497 e. The molecule has 0 amide bonds. The first kappa shape index (κ1) is 31.7. The zero-order chi connectivity index (χ0) is 33.4. The van der Waals surface area contributed by atoms with Gasteiger partial charge >= 0.3 is 0 Å². The van der Waals surface area contributed by atoms with Crippen molar-refractivity contribution in [2.24, 2.45) is 5.92 Å². The zero-order valence-corrected chi connectivity index (χ0v) is 29.1. The maximum atomic E-state index is 6.69. The van der Waals surface area contributed by atoms with E-state index in [2.05, 4.69) is 111 Å². The van der Waals surface area contributed by atoms with Crippen LogP contribution in [0.1, 0.15) is 81.8 Å². The maximum absolute atomic E-state index is 6.69. The second kappa shape index (κ2) is 13.3. The molecular weight excluding hydrogens is 592 g/mol. The van der Waals surface area contributed by atoms with Crippen molar-refractivity contribution in [2.75, 3.05) is 7.11 Å². The van der Waals surface area contributed by atoms with Crippen LogP contribution >= 0.6 is 0 Å². The van der Waals surface area contributed by atoms with Crippen molar-refractivity contribution < 1.29 is 9.47 Å². The first-order valence-electron chi connectivity index (χ1n) is 17.5. The molecule has 0 unspecified atom stereocenters. The van der Waals surface area contributed by atoms with Gasteiger partial charge in [-0.1, -0.05) is 57.0 Å². The van der Waals surface area contributed by atoms with Crippen LogP contribution in [0.15, 0.2) is 90.6 Å². The number of methoxy groups -OCH3 is 1. The standard InChI is InChI=1S/C42H46N4O2/c1-7-9-16-38-42(41-28(4)13-12-14-29(41)5)36(8-2)44-46(38)30-22-27(3)23-33(24-30)48-32-18-19-35-34-15-10-11-17-37(34)45(39(35)25-32)40-26-31(47-6)20-21-43-40/h10-11,13,15,17-26,29,41H,7-9,12,14,16H2,1-6H3/t29-,41+/m0/s1. The molecule has 6 nitrogen and oxygen atoms in total. The number of benzene rings is 3. The molecule has 7 rings (SSSR count). The van der Waals surface area contributed by atoms with Crippen LogP contribution in [0.25, 0.3) is 33.3 Å². The van der Waals surface area contributed by atoms with Crippen LogP contribution in [0.4, 0.5) is 0 Å². The Labute approximate surface area is 284 Å². The summed E-state index contributed by atoms with van der Waals surface area (Å²) in [7, 11) is 1.68. The number of hydrogen-bond acceptors (Lipinski definition) is 4. The number of nitrogens with zero attached hydrogens (tertiary/aromatic N) is 4. The van der Waals surface area contributed by atoms with Gasteiger partial charge in [-0.25, -0.2) is 9.67 Å². The number of hydrogen-bond donors (Lipinski definition) is 0. The number of rotatable bonds is 10. The summed E-state index contributed by atoms with van der Waals surface area (Å²) in [6.07, 6.45) is 10.8. The summed E-state index contributed by atoms with van der Waals surface area (Å²) in [6.45, 7) is 11.4. The summed E-state index contributed by atoms with van der Waals surface area (Å²) in [4.78, 5) is 4.72. The van der Waals surface area contributed by atoms with E-state index in [1.165, 1.54) is 40.8 Å². The predicted molar refractivity (Wildman–Crippen MR) is 196 cm³/mol. The average Bonchev–Trinajstić information content (AvgIpc) is 3.62. The maximum Gasteiger partial charge on any atom is 0.141 e. The Hall–Kier alpha value is -4.84. The molecule has 1 aliphatic carbocycles. The molecule has 0 fully saturated rings. The van der Waals surface area contributed by atoms with Gasteiger partial charge in [0, 0.05) is 52.3 Å². The lowest BCUT2D eigenvalue weighted by molar-refractivity contribution is 0.414. The minimum atomic E-state index is 0.424. The van der Waals surface area contributed by atoms with Crippen LogP contribution in [0.2, 0.25) is 0 Å². The minimum Gasteiger partial charge on any atom is -0.497 e. The molecule has 246 valence electrons. The average molecular weight is 639 g/mol. The minimum absolute atomic E-state index is 0.424. The number of para-hydroxylation sites is 1. The third-order valence-electron chi connectivity index (χ3n) is 10.0. The summed E-state index contributed by atoms with van der Waals surface area (Å²) in [5.41, 5.74) is 9.83. The van der Waals surface area contributed by atoms with Gasteiger partial charge in [0.1, 0.15) is 23.1 Å².